The molecule has 1 N–H and O–H groups in total. The third kappa shape index (κ3) is 6.05. The molecule has 0 aromatic heterocycles. The van der Waals surface area contributed by atoms with Crippen LogP contribution in [0.5, 0.6) is 0 Å². The second-order valence-corrected chi connectivity index (χ2v) is 7.80. The van der Waals surface area contributed by atoms with Crippen molar-refractivity contribution in [3.8, 4) is 0 Å². The van der Waals surface area contributed by atoms with E-state index in [0.29, 0.717) is 12.1 Å². The third-order valence-corrected chi connectivity index (χ3v) is 5.53. The number of rotatable bonds is 8. The first-order valence-corrected chi connectivity index (χ1v) is 10.8. The maximum absolute atomic E-state index is 13.3. The topological polar surface area (TPSA) is 49.4 Å². The van der Waals surface area contributed by atoms with Crippen LogP contribution in [0.1, 0.15) is 53.4 Å². The number of benzene rings is 3. The molecule has 3 aromatic carbocycles. The van der Waals surface area contributed by atoms with Gasteiger partial charge in [-0.3, -0.25) is 9.59 Å². The first-order valence-electron chi connectivity index (χ1n) is 10.8. The van der Waals surface area contributed by atoms with Gasteiger partial charge >= 0.3 is 0 Å². The highest BCUT2D eigenvalue weighted by Crippen LogP contribution is 2.23. The van der Waals surface area contributed by atoms with Gasteiger partial charge in [0.25, 0.3) is 5.91 Å². The number of nitrogens with one attached hydrogen (secondary N) is 1. The molecule has 0 aliphatic rings. The van der Waals surface area contributed by atoms with E-state index in [0.717, 1.165) is 23.2 Å². The average molecular weight is 415 g/mol. The van der Waals surface area contributed by atoms with Crippen molar-refractivity contribution in [3.05, 3.63) is 101 Å². The fourth-order valence-electron chi connectivity index (χ4n) is 3.51. The number of anilines is 1. The van der Waals surface area contributed by atoms with Crippen molar-refractivity contribution in [2.24, 2.45) is 0 Å². The summed E-state index contributed by atoms with van der Waals surface area (Å²) in [6.07, 6.45) is 1.19. The van der Waals surface area contributed by atoms with Gasteiger partial charge in [-0.25, -0.2) is 0 Å². The molecule has 0 aliphatic heterocycles. The Kier molecular flexibility index (Phi) is 7.60. The highest BCUT2D eigenvalue weighted by atomic mass is 16.2. The van der Waals surface area contributed by atoms with Gasteiger partial charge in [0.2, 0.25) is 5.91 Å². The molecule has 4 heteroatoms. The summed E-state index contributed by atoms with van der Waals surface area (Å²) in [6, 6.07) is 25.2. The Labute approximate surface area is 184 Å². The van der Waals surface area contributed by atoms with E-state index in [1.165, 1.54) is 5.56 Å². The van der Waals surface area contributed by atoms with Gasteiger partial charge in [-0.1, -0.05) is 67.1 Å². The van der Waals surface area contributed by atoms with Crippen molar-refractivity contribution in [1.82, 2.24) is 4.90 Å². The van der Waals surface area contributed by atoms with Gasteiger partial charge in [-0.15, -0.1) is 0 Å². The molecule has 0 saturated heterocycles. The molecule has 4 nitrogen and oxygen atoms in total. The summed E-state index contributed by atoms with van der Waals surface area (Å²) in [7, 11) is 0. The number of hydrogen-bond donors (Lipinski definition) is 1. The van der Waals surface area contributed by atoms with Crippen molar-refractivity contribution in [2.45, 2.75) is 39.7 Å². The normalized spacial score (nSPS) is 11.6. The molecule has 0 aliphatic carbocycles. The summed E-state index contributed by atoms with van der Waals surface area (Å²) in [5, 5.41) is 2.94. The van der Waals surface area contributed by atoms with Crippen molar-refractivity contribution >= 4 is 17.5 Å². The standard InChI is InChI=1S/C27H30N2O2/c1-4-22-12-16-25(17-13-22)28-26(30)18-19-29(21(3)23-8-6-5-7-9-23)27(31)24-14-10-20(2)11-15-24/h5-17,21H,4,18-19H2,1-3H3,(H,28,30). The molecule has 3 aromatic rings. The Morgan fingerprint density at radius 3 is 2.16 bits per heavy atom. The molecule has 0 heterocycles. The van der Waals surface area contributed by atoms with Crippen LogP contribution >= 0.6 is 0 Å². The lowest BCUT2D eigenvalue weighted by Gasteiger charge is -2.30. The lowest BCUT2D eigenvalue weighted by Crippen LogP contribution is -2.36. The zero-order valence-electron chi connectivity index (χ0n) is 18.5. The van der Waals surface area contributed by atoms with Gasteiger partial charge in [0.15, 0.2) is 0 Å². The van der Waals surface area contributed by atoms with E-state index in [4.69, 9.17) is 0 Å². The van der Waals surface area contributed by atoms with Crippen LogP contribution in [-0.2, 0) is 11.2 Å². The maximum Gasteiger partial charge on any atom is 0.254 e. The van der Waals surface area contributed by atoms with Crippen LogP contribution in [0, 0.1) is 6.92 Å². The summed E-state index contributed by atoms with van der Waals surface area (Å²) < 4.78 is 0. The minimum Gasteiger partial charge on any atom is -0.331 e. The van der Waals surface area contributed by atoms with Crippen LogP contribution in [0.25, 0.3) is 0 Å². The Morgan fingerprint density at radius 2 is 1.55 bits per heavy atom. The lowest BCUT2D eigenvalue weighted by atomic mass is 10.0. The maximum atomic E-state index is 13.3. The van der Waals surface area contributed by atoms with Gasteiger partial charge in [0, 0.05) is 24.2 Å². The Balaban J connectivity index is 1.73. The zero-order valence-corrected chi connectivity index (χ0v) is 18.5. The molecule has 0 saturated carbocycles. The Hall–Kier alpha value is -3.40. The summed E-state index contributed by atoms with van der Waals surface area (Å²) in [5.41, 5.74) is 4.77. The molecule has 0 spiro atoms. The van der Waals surface area contributed by atoms with E-state index in [1.807, 2.05) is 92.7 Å². The van der Waals surface area contributed by atoms with E-state index in [9.17, 15) is 9.59 Å². The smallest absolute Gasteiger partial charge is 0.254 e. The number of hydrogen-bond acceptors (Lipinski definition) is 2. The molecule has 1 unspecified atom stereocenters. The highest BCUT2D eigenvalue weighted by Gasteiger charge is 2.23. The summed E-state index contributed by atoms with van der Waals surface area (Å²) >= 11 is 0. The third-order valence-electron chi connectivity index (χ3n) is 5.53. The second kappa shape index (κ2) is 10.6. The quantitative estimate of drug-likeness (QED) is 0.507. The summed E-state index contributed by atoms with van der Waals surface area (Å²) in [6.45, 7) is 6.43. The van der Waals surface area contributed by atoms with E-state index >= 15 is 0 Å². The largest absolute Gasteiger partial charge is 0.331 e. The van der Waals surface area contributed by atoms with Crippen molar-refractivity contribution in [2.75, 3.05) is 11.9 Å². The monoisotopic (exact) mass is 414 g/mol. The molecule has 3 rings (SSSR count). The fraction of sp³-hybridized carbons (Fsp3) is 0.259. The minimum absolute atomic E-state index is 0.0727. The predicted octanol–water partition coefficient (Wildman–Crippen LogP) is 5.79. The number of amides is 2. The molecular weight excluding hydrogens is 384 g/mol. The first kappa shape index (κ1) is 22.3. The van der Waals surface area contributed by atoms with Crippen LogP contribution in [0.3, 0.4) is 0 Å². The summed E-state index contributed by atoms with van der Waals surface area (Å²) in [5.74, 6) is -0.178. The van der Waals surface area contributed by atoms with Crippen LogP contribution in [0.2, 0.25) is 0 Å². The highest BCUT2D eigenvalue weighted by molar-refractivity contribution is 5.95. The second-order valence-electron chi connectivity index (χ2n) is 7.80. The average Bonchev–Trinajstić information content (AvgIpc) is 2.80. The Bertz CT molecular complexity index is 996. The van der Waals surface area contributed by atoms with Gasteiger partial charge in [-0.05, 0) is 55.7 Å². The van der Waals surface area contributed by atoms with Crippen molar-refractivity contribution in [3.63, 3.8) is 0 Å². The molecule has 2 amide bonds. The minimum atomic E-state index is -0.147. The van der Waals surface area contributed by atoms with Crippen molar-refractivity contribution < 1.29 is 9.59 Å². The number of aryl methyl sites for hydroxylation is 2. The number of carbonyl (C=O) groups is 2. The molecular formula is C27H30N2O2. The van der Waals surface area contributed by atoms with Crippen LogP contribution in [-0.4, -0.2) is 23.3 Å². The molecule has 160 valence electrons. The molecule has 0 bridgehead atoms. The van der Waals surface area contributed by atoms with Crippen LogP contribution in [0.15, 0.2) is 78.9 Å². The van der Waals surface area contributed by atoms with Crippen LogP contribution in [0.4, 0.5) is 5.69 Å². The fourth-order valence-corrected chi connectivity index (χ4v) is 3.51. The zero-order chi connectivity index (χ0) is 22.2. The van der Waals surface area contributed by atoms with E-state index in [-0.39, 0.29) is 24.3 Å². The van der Waals surface area contributed by atoms with E-state index in [2.05, 4.69) is 12.2 Å². The Morgan fingerprint density at radius 1 is 0.903 bits per heavy atom. The van der Waals surface area contributed by atoms with Gasteiger partial charge < -0.3 is 10.2 Å². The number of nitrogens with zero attached hydrogens (tertiary/aromatic N) is 1. The first-order chi connectivity index (χ1) is 15.0. The SMILES string of the molecule is CCc1ccc(NC(=O)CCN(C(=O)c2ccc(C)cc2)C(C)c2ccccc2)cc1. The number of carbonyl (C=O) groups excluding carboxylic acids is 2. The van der Waals surface area contributed by atoms with Crippen LogP contribution < -0.4 is 5.32 Å². The lowest BCUT2D eigenvalue weighted by molar-refractivity contribution is -0.116. The van der Waals surface area contributed by atoms with E-state index in [1.54, 1.807) is 4.90 Å². The molecule has 31 heavy (non-hydrogen) atoms. The van der Waals surface area contributed by atoms with Gasteiger partial charge in [0.05, 0.1) is 6.04 Å². The molecule has 1 atom stereocenters. The van der Waals surface area contributed by atoms with Crippen molar-refractivity contribution in [1.29, 1.82) is 0 Å². The molecule has 0 radical (unpaired) electrons. The van der Waals surface area contributed by atoms with Gasteiger partial charge in [0.1, 0.15) is 0 Å². The van der Waals surface area contributed by atoms with E-state index < -0.39 is 0 Å². The molecule has 0 fully saturated rings. The summed E-state index contributed by atoms with van der Waals surface area (Å²) in [4.78, 5) is 27.7. The van der Waals surface area contributed by atoms with Gasteiger partial charge in [-0.2, -0.15) is 0 Å². The predicted molar refractivity (Wildman–Crippen MR) is 126 cm³/mol.